The summed E-state index contributed by atoms with van der Waals surface area (Å²) in [5, 5.41) is 0. The van der Waals surface area contributed by atoms with E-state index in [1.807, 2.05) is 0 Å². The van der Waals surface area contributed by atoms with E-state index in [4.69, 9.17) is 9.79 Å². The predicted molar refractivity (Wildman–Crippen MR) is 37.3 cm³/mol. The normalized spacial score (nSPS) is 19.9. The van der Waals surface area contributed by atoms with Crippen molar-refractivity contribution >= 4 is 15.9 Å². The Kier molecular flexibility index (Phi) is 4.41. The molecule has 0 saturated heterocycles. The maximum atomic E-state index is 10.6. The summed E-state index contributed by atoms with van der Waals surface area (Å²) in [5.41, 5.74) is 0. The molecule has 0 aromatic heterocycles. The van der Waals surface area contributed by atoms with Gasteiger partial charge in [-0.25, -0.2) is 4.31 Å². The Hall–Kier alpha value is 0.340. The SMILES string of the molecule is CCCP(=O)(O)O[PH](=O)O. The molecule has 0 aromatic rings. The summed E-state index contributed by atoms with van der Waals surface area (Å²) < 4.78 is 24.4. The summed E-state index contributed by atoms with van der Waals surface area (Å²) in [6, 6.07) is 0. The summed E-state index contributed by atoms with van der Waals surface area (Å²) in [6.07, 6.45) is 0.368. The largest absolute Gasteiger partial charge is 0.335 e. The third-order valence-electron chi connectivity index (χ3n) is 0.727. The van der Waals surface area contributed by atoms with Gasteiger partial charge in [-0.2, -0.15) is 0 Å². The zero-order valence-electron chi connectivity index (χ0n) is 5.48. The van der Waals surface area contributed by atoms with Gasteiger partial charge < -0.3 is 9.79 Å². The Morgan fingerprint density at radius 3 is 2.50 bits per heavy atom. The Morgan fingerprint density at radius 1 is 1.70 bits per heavy atom. The van der Waals surface area contributed by atoms with E-state index in [1.54, 1.807) is 6.92 Å². The summed E-state index contributed by atoms with van der Waals surface area (Å²) in [4.78, 5) is 16.8. The quantitative estimate of drug-likeness (QED) is 0.642. The van der Waals surface area contributed by atoms with E-state index in [0.29, 0.717) is 6.42 Å². The third-order valence-corrected chi connectivity index (χ3v) is 3.51. The fourth-order valence-electron chi connectivity index (χ4n) is 0.450. The zero-order chi connectivity index (χ0) is 8.20. The molecule has 0 amide bonds. The molecule has 2 N–H and O–H groups in total. The van der Waals surface area contributed by atoms with Crippen LogP contribution in [0.25, 0.3) is 0 Å². The van der Waals surface area contributed by atoms with E-state index in [-0.39, 0.29) is 6.16 Å². The van der Waals surface area contributed by atoms with Gasteiger partial charge in [0.1, 0.15) is 0 Å². The Labute approximate surface area is 59.5 Å². The molecule has 0 radical (unpaired) electrons. The van der Waals surface area contributed by atoms with Gasteiger partial charge in [0, 0.05) is 0 Å². The molecule has 10 heavy (non-hydrogen) atoms. The van der Waals surface area contributed by atoms with Gasteiger partial charge in [0.2, 0.25) is 0 Å². The average molecular weight is 188 g/mol. The molecule has 0 bridgehead atoms. The molecule has 2 unspecified atom stereocenters. The minimum absolute atomic E-state index is 0.0794. The first-order valence-electron chi connectivity index (χ1n) is 2.72. The smallest absolute Gasteiger partial charge is 0.326 e. The molecule has 2 atom stereocenters. The van der Waals surface area contributed by atoms with Crippen molar-refractivity contribution in [3.8, 4) is 0 Å². The van der Waals surface area contributed by atoms with Crippen molar-refractivity contribution in [1.82, 2.24) is 0 Å². The summed E-state index contributed by atoms with van der Waals surface area (Å²) in [6.45, 7) is 1.68. The van der Waals surface area contributed by atoms with Crippen LogP contribution in [-0.4, -0.2) is 15.9 Å². The Morgan fingerprint density at radius 2 is 2.20 bits per heavy atom. The highest BCUT2D eigenvalue weighted by atomic mass is 31.2. The molecule has 62 valence electrons. The molecule has 0 saturated carbocycles. The van der Waals surface area contributed by atoms with Gasteiger partial charge in [0.25, 0.3) is 0 Å². The lowest BCUT2D eigenvalue weighted by molar-refractivity contribution is 0.350. The van der Waals surface area contributed by atoms with Crippen LogP contribution in [0.15, 0.2) is 0 Å². The first kappa shape index (κ1) is 10.3. The van der Waals surface area contributed by atoms with E-state index >= 15 is 0 Å². The van der Waals surface area contributed by atoms with Crippen molar-refractivity contribution in [2.24, 2.45) is 0 Å². The molecule has 0 aromatic carbocycles. The van der Waals surface area contributed by atoms with E-state index in [1.165, 1.54) is 0 Å². The monoisotopic (exact) mass is 188 g/mol. The van der Waals surface area contributed by atoms with Crippen molar-refractivity contribution in [3.05, 3.63) is 0 Å². The van der Waals surface area contributed by atoms with Crippen LogP contribution >= 0.6 is 15.9 Å². The maximum absolute atomic E-state index is 10.6. The lowest BCUT2D eigenvalue weighted by Crippen LogP contribution is -1.86. The molecule has 0 aliphatic rings. The van der Waals surface area contributed by atoms with E-state index in [2.05, 4.69) is 4.31 Å². The lowest BCUT2D eigenvalue weighted by atomic mass is 10.6. The van der Waals surface area contributed by atoms with Gasteiger partial charge in [0.05, 0.1) is 6.16 Å². The summed E-state index contributed by atoms with van der Waals surface area (Å²) in [5.74, 6) is 0. The first-order valence-corrected chi connectivity index (χ1v) is 5.75. The zero-order valence-corrected chi connectivity index (χ0v) is 7.38. The lowest BCUT2D eigenvalue weighted by Gasteiger charge is -2.06. The fraction of sp³-hybridized carbons (Fsp3) is 1.00. The third kappa shape index (κ3) is 5.15. The minimum atomic E-state index is -3.77. The standard InChI is InChI=1S/C3H10O5P2/c1-2-3-10(6,7)8-9(4)5/h9H,2-3H2,1H3,(H,4,5)(H,6,7). The molecular formula is C3H10O5P2. The number of hydrogen-bond acceptors (Lipinski definition) is 3. The molecule has 5 nitrogen and oxygen atoms in total. The van der Waals surface area contributed by atoms with Gasteiger partial charge in [-0.05, 0) is 6.42 Å². The minimum Gasteiger partial charge on any atom is -0.326 e. The number of hydrogen-bond donors (Lipinski definition) is 2. The van der Waals surface area contributed by atoms with Crippen LogP contribution in [0.2, 0.25) is 0 Å². The molecule has 7 heteroatoms. The van der Waals surface area contributed by atoms with Crippen molar-refractivity contribution in [2.45, 2.75) is 13.3 Å². The summed E-state index contributed by atoms with van der Waals surface area (Å²) in [7, 11) is -7.04. The molecule has 0 heterocycles. The van der Waals surface area contributed by atoms with Crippen LogP contribution in [0.4, 0.5) is 0 Å². The second-order valence-electron chi connectivity index (χ2n) is 1.72. The highest BCUT2D eigenvalue weighted by molar-refractivity contribution is 7.59. The van der Waals surface area contributed by atoms with Gasteiger partial charge in [-0.1, -0.05) is 6.92 Å². The van der Waals surface area contributed by atoms with Crippen LogP contribution < -0.4 is 0 Å². The molecular weight excluding hydrogens is 178 g/mol. The molecule has 0 fully saturated rings. The van der Waals surface area contributed by atoms with Gasteiger partial charge in [-0.3, -0.25) is 9.13 Å². The van der Waals surface area contributed by atoms with Crippen LogP contribution in [0.3, 0.4) is 0 Å². The van der Waals surface area contributed by atoms with Crippen LogP contribution in [0, 0.1) is 0 Å². The van der Waals surface area contributed by atoms with Gasteiger partial charge >= 0.3 is 15.9 Å². The highest BCUT2D eigenvalue weighted by Gasteiger charge is 2.19. The Balaban J connectivity index is 3.87. The van der Waals surface area contributed by atoms with Crippen LogP contribution in [-0.2, 0) is 13.4 Å². The maximum Gasteiger partial charge on any atom is 0.335 e. The fourth-order valence-corrected chi connectivity index (χ4v) is 2.36. The van der Waals surface area contributed by atoms with Crippen molar-refractivity contribution in [3.63, 3.8) is 0 Å². The first-order chi connectivity index (χ1) is 4.48. The average Bonchev–Trinajstić information content (AvgIpc) is 1.59. The van der Waals surface area contributed by atoms with Crippen LogP contribution in [0.1, 0.15) is 13.3 Å². The van der Waals surface area contributed by atoms with Crippen LogP contribution in [0.5, 0.6) is 0 Å². The van der Waals surface area contributed by atoms with Crippen molar-refractivity contribution < 1.29 is 23.2 Å². The molecule has 0 spiro atoms. The molecule has 0 aliphatic heterocycles. The highest BCUT2D eigenvalue weighted by Crippen LogP contribution is 2.49. The topological polar surface area (TPSA) is 83.8 Å². The summed E-state index contributed by atoms with van der Waals surface area (Å²) >= 11 is 0. The van der Waals surface area contributed by atoms with E-state index < -0.39 is 15.9 Å². The van der Waals surface area contributed by atoms with Gasteiger partial charge in [0.15, 0.2) is 0 Å². The van der Waals surface area contributed by atoms with E-state index in [0.717, 1.165) is 0 Å². The van der Waals surface area contributed by atoms with Gasteiger partial charge in [-0.15, -0.1) is 0 Å². The molecule has 0 rings (SSSR count). The van der Waals surface area contributed by atoms with Crippen molar-refractivity contribution in [2.75, 3.05) is 6.16 Å². The second kappa shape index (κ2) is 4.27. The predicted octanol–water partition coefficient (Wildman–Crippen LogP) is 0.980. The van der Waals surface area contributed by atoms with E-state index in [9.17, 15) is 9.13 Å². The number of rotatable bonds is 4. The van der Waals surface area contributed by atoms with Crippen molar-refractivity contribution in [1.29, 1.82) is 0 Å². The molecule has 0 aliphatic carbocycles. The second-order valence-corrected chi connectivity index (χ2v) is 4.70. The Bertz CT molecular complexity index is 166.